The molecule has 11 heteroatoms. The Morgan fingerprint density at radius 2 is 1.04 bits per heavy atom. The van der Waals surface area contributed by atoms with Crippen LogP contribution >= 0.6 is 0 Å². The lowest BCUT2D eigenvalue weighted by Crippen LogP contribution is -2.60. The van der Waals surface area contributed by atoms with Gasteiger partial charge >= 0.3 is 17.9 Å². The van der Waals surface area contributed by atoms with E-state index in [1.165, 1.54) is 44.9 Å². The molecule has 6 unspecified atom stereocenters. The molecule has 1 fully saturated rings. The number of carboxylic acids is 1. The first kappa shape index (κ1) is 52.2. The Morgan fingerprint density at radius 1 is 0.561 bits per heavy atom. The standard InChI is InChI=1S/C46H78O11/c1-3-5-7-9-11-13-15-17-19-20-21-23-24-26-28-30-32-34-39(47)54-36-38(37-55-46-43(51)41(49)42(50)44(57-46)45(52)53)56-40(48)35-33-31-29-27-25-22-18-16-14-12-10-8-6-4-2/h5,7,11,13,16-19,38,41-44,46,49-51H,3-4,6,8-10,12,14-15,20-37H2,1-2H3,(H,52,53)/b7-5-,13-11-,18-16-,19-17-. The molecule has 0 aromatic heterocycles. The molecule has 0 radical (unpaired) electrons. The molecule has 1 aliphatic rings. The molecule has 1 saturated heterocycles. The molecule has 0 aliphatic carbocycles. The number of carbonyl (C=O) groups is 3. The van der Waals surface area contributed by atoms with Crippen LogP contribution in [0.25, 0.3) is 0 Å². The van der Waals surface area contributed by atoms with Gasteiger partial charge in [0.1, 0.15) is 24.9 Å². The summed E-state index contributed by atoms with van der Waals surface area (Å²) < 4.78 is 21.7. The van der Waals surface area contributed by atoms with Crippen LogP contribution in [0.2, 0.25) is 0 Å². The Morgan fingerprint density at radius 3 is 1.58 bits per heavy atom. The molecular formula is C46H78O11. The van der Waals surface area contributed by atoms with Crippen LogP contribution in [0.3, 0.4) is 0 Å². The summed E-state index contributed by atoms with van der Waals surface area (Å²) in [6, 6.07) is 0. The third-order valence-electron chi connectivity index (χ3n) is 9.91. The fourth-order valence-electron chi connectivity index (χ4n) is 6.42. The van der Waals surface area contributed by atoms with Crippen molar-refractivity contribution in [1.82, 2.24) is 0 Å². The van der Waals surface area contributed by atoms with E-state index in [2.05, 4.69) is 62.5 Å². The minimum absolute atomic E-state index is 0.169. The number of ether oxygens (including phenoxy) is 4. The van der Waals surface area contributed by atoms with Crippen LogP contribution in [0.5, 0.6) is 0 Å². The lowest BCUT2D eigenvalue weighted by molar-refractivity contribution is -0.298. The van der Waals surface area contributed by atoms with E-state index in [1.54, 1.807) is 0 Å². The monoisotopic (exact) mass is 807 g/mol. The molecule has 57 heavy (non-hydrogen) atoms. The summed E-state index contributed by atoms with van der Waals surface area (Å²) in [4.78, 5) is 36.8. The predicted molar refractivity (Wildman–Crippen MR) is 224 cm³/mol. The third kappa shape index (κ3) is 28.3. The van der Waals surface area contributed by atoms with Gasteiger partial charge in [-0.05, 0) is 70.6 Å². The zero-order valence-corrected chi connectivity index (χ0v) is 35.3. The van der Waals surface area contributed by atoms with Crippen LogP contribution in [0.4, 0.5) is 0 Å². The molecule has 11 nitrogen and oxygen atoms in total. The van der Waals surface area contributed by atoms with Crippen molar-refractivity contribution >= 4 is 17.9 Å². The van der Waals surface area contributed by atoms with Crippen LogP contribution in [-0.2, 0) is 33.3 Å². The lowest BCUT2D eigenvalue weighted by Gasteiger charge is -2.38. The largest absolute Gasteiger partial charge is 0.479 e. The number of allylic oxidation sites excluding steroid dienone is 8. The number of unbranched alkanes of at least 4 members (excludes halogenated alkanes) is 17. The van der Waals surface area contributed by atoms with Gasteiger partial charge in [0, 0.05) is 12.8 Å². The lowest BCUT2D eigenvalue weighted by atomic mass is 9.99. The van der Waals surface area contributed by atoms with E-state index >= 15 is 0 Å². The SMILES string of the molecule is CC/C=C\C/C=C\C/C=C\CCCCCCCCCC(=O)OCC(COC1OC(C(=O)O)C(O)C(O)C1O)OC(=O)CCCCCCC/C=C\CCCCCCC. The summed E-state index contributed by atoms with van der Waals surface area (Å²) in [5.74, 6) is -2.47. The van der Waals surface area contributed by atoms with E-state index < -0.39 is 61.3 Å². The number of hydrogen-bond donors (Lipinski definition) is 4. The molecule has 0 aromatic rings. The first-order valence-corrected chi connectivity index (χ1v) is 22.2. The van der Waals surface area contributed by atoms with Gasteiger partial charge < -0.3 is 39.4 Å². The van der Waals surface area contributed by atoms with Crippen LogP contribution in [0, 0.1) is 0 Å². The quantitative estimate of drug-likeness (QED) is 0.0270. The Kier molecular flexibility index (Phi) is 33.2. The average Bonchev–Trinajstić information content (AvgIpc) is 3.19. The van der Waals surface area contributed by atoms with Gasteiger partial charge in [-0.1, -0.05) is 140 Å². The molecule has 0 bridgehead atoms. The number of aliphatic hydroxyl groups excluding tert-OH is 3. The number of carboxylic acid groups (broad SMARTS) is 1. The van der Waals surface area contributed by atoms with Crippen molar-refractivity contribution in [2.75, 3.05) is 13.2 Å². The molecule has 1 rings (SSSR count). The van der Waals surface area contributed by atoms with E-state index in [-0.39, 0.29) is 19.4 Å². The van der Waals surface area contributed by atoms with Crippen molar-refractivity contribution in [3.8, 4) is 0 Å². The molecule has 0 aromatic carbocycles. The maximum atomic E-state index is 12.7. The minimum Gasteiger partial charge on any atom is -0.479 e. The number of aliphatic carboxylic acids is 1. The van der Waals surface area contributed by atoms with Crippen LogP contribution in [0.1, 0.15) is 174 Å². The molecule has 6 atom stereocenters. The summed E-state index contributed by atoms with van der Waals surface area (Å²) in [6.45, 7) is 3.67. The molecule has 0 amide bonds. The molecule has 0 saturated carbocycles. The van der Waals surface area contributed by atoms with Gasteiger partial charge in [0.05, 0.1) is 6.61 Å². The molecule has 0 spiro atoms. The van der Waals surface area contributed by atoms with Gasteiger partial charge in [0.15, 0.2) is 18.5 Å². The summed E-state index contributed by atoms with van der Waals surface area (Å²) >= 11 is 0. The fourth-order valence-corrected chi connectivity index (χ4v) is 6.42. The van der Waals surface area contributed by atoms with Gasteiger partial charge in [-0.2, -0.15) is 0 Å². The first-order valence-electron chi connectivity index (χ1n) is 22.2. The second-order valence-electron chi connectivity index (χ2n) is 15.2. The highest BCUT2D eigenvalue weighted by molar-refractivity contribution is 5.73. The molecular weight excluding hydrogens is 728 g/mol. The zero-order valence-electron chi connectivity index (χ0n) is 35.3. The number of rotatable bonds is 36. The zero-order chi connectivity index (χ0) is 41.8. The maximum absolute atomic E-state index is 12.7. The molecule has 1 aliphatic heterocycles. The van der Waals surface area contributed by atoms with Crippen molar-refractivity contribution in [1.29, 1.82) is 0 Å². The second-order valence-corrected chi connectivity index (χ2v) is 15.2. The van der Waals surface area contributed by atoms with Crippen LogP contribution in [-0.4, -0.2) is 88.4 Å². The van der Waals surface area contributed by atoms with Gasteiger partial charge in [-0.15, -0.1) is 0 Å². The molecule has 4 N–H and O–H groups in total. The maximum Gasteiger partial charge on any atom is 0.335 e. The van der Waals surface area contributed by atoms with E-state index in [0.717, 1.165) is 89.9 Å². The Balaban J connectivity index is 2.38. The Labute approximate surface area is 344 Å². The van der Waals surface area contributed by atoms with Crippen molar-refractivity contribution in [2.24, 2.45) is 0 Å². The van der Waals surface area contributed by atoms with E-state index in [0.29, 0.717) is 12.8 Å². The molecule has 1 heterocycles. The van der Waals surface area contributed by atoms with E-state index in [1.807, 2.05) is 0 Å². The van der Waals surface area contributed by atoms with Crippen molar-refractivity contribution in [3.63, 3.8) is 0 Å². The normalized spacial score (nSPS) is 20.6. The van der Waals surface area contributed by atoms with E-state index in [9.17, 15) is 34.8 Å². The summed E-state index contributed by atoms with van der Waals surface area (Å²) in [7, 11) is 0. The average molecular weight is 807 g/mol. The van der Waals surface area contributed by atoms with Gasteiger partial charge in [0.2, 0.25) is 0 Å². The first-order chi connectivity index (χ1) is 27.7. The van der Waals surface area contributed by atoms with E-state index in [4.69, 9.17) is 18.9 Å². The predicted octanol–water partition coefficient (Wildman–Crippen LogP) is 9.37. The number of aliphatic hydroxyl groups is 3. The highest BCUT2D eigenvalue weighted by Crippen LogP contribution is 2.23. The summed E-state index contributed by atoms with van der Waals surface area (Å²) in [5.41, 5.74) is 0. The van der Waals surface area contributed by atoms with Gasteiger partial charge in [-0.3, -0.25) is 9.59 Å². The Hall–Kier alpha value is -2.83. The minimum atomic E-state index is -1.86. The van der Waals surface area contributed by atoms with Crippen LogP contribution < -0.4 is 0 Å². The second kappa shape index (κ2) is 36.3. The van der Waals surface area contributed by atoms with Crippen molar-refractivity contribution in [3.05, 3.63) is 48.6 Å². The Bertz CT molecular complexity index is 1130. The summed E-state index contributed by atoms with van der Waals surface area (Å²) in [5, 5.41) is 39.8. The summed E-state index contributed by atoms with van der Waals surface area (Å²) in [6.07, 6.45) is 33.0. The van der Waals surface area contributed by atoms with Crippen molar-refractivity contribution < 1.29 is 53.8 Å². The smallest absolute Gasteiger partial charge is 0.335 e. The van der Waals surface area contributed by atoms with Gasteiger partial charge in [-0.25, -0.2) is 4.79 Å². The number of hydrogen-bond acceptors (Lipinski definition) is 10. The highest BCUT2D eigenvalue weighted by Gasteiger charge is 2.47. The number of carbonyl (C=O) groups excluding carboxylic acids is 2. The molecule has 328 valence electrons. The third-order valence-corrected chi connectivity index (χ3v) is 9.91. The van der Waals surface area contributed by atoms with Gasteiger partial charge in [0.25, 0.3) is 0 Å². The fraction of sp³-hybridized carbons (Fsp3) is 0.761. The topological polar surface area (TPSA) is 169 Å². The number of esters is 2. The highest BCUT2D eigenvalue weighted by atomic mass is 16.7. The van der Waals surface area contributed by atoms with Crippen molar-refractivity contribution in [2.45, 2.75) is 211 Å². The van der Waals surface area contributed by atoms with Crippen LogP contribution in [0.15, 0.2) is 48.6 Å².